The Morgan fingerprint density at radius 1 is 1.61 bits per heavy atom. The Kier molecular flexibility index (Phi) is 4.36. The first-order chi connectivity index (χ1) is 8.45. The van der Waals surface area contributed by atoms with Crippen LogP contribution in [0.5, 0.6) is 0 Å². The molecular weight excluding hydrogens is 238 g/mol. The van der Waals surface area contributed by atoms with E-state index in [1.165, 1.54) is 19.2 Å². The minimum Gasteiger partial charge on any atom is -0.464 e. The lowest BCUT2D eigenvalue weighted by molar-refractivity contribution is -0.384. The maximum Gasteiger partial charge on any atom is 0.356 e. The average Bonchev–Trinajstić information content (AvgIpc) is 2.34. The third-order valence-corrected chi connectivity index (χ3v) is 2.02. The predicted molar refractivity (Wildman–Crippen MR) is 65.5 cm³/mol. The number of anilines is 1. The number of nitrogens with zero attached hydrogens (tertiary/aromatic N) is 2. The van der Waals surface area contributed by atoms with Crippen LogP contribution in [0.1, 0.15) is 17.4 Å². The van der Waals surface area contributed by atoms with Gasteiger partial charge in [-0.1, -0.05) is 12.2 Å². The number of ether oxygens (including phenoxy) is 1. The fourth-order valence-corrected chi connectivity index (χ4v) is 1.18. The molecule has 0 saturated carbocycles. The van der Waals surface area contributed by atoms with E-state index in [1.54, 1.807) is 6.92 Å². The van der Waals surface area contributed by atoms with Crippen LogP contribution in [0.2, 0.25) is 0 Å². The highest BCUT2D eigenvalue weighted by Crippen LogP contribution is 2.22. The Labute approximate surface area is 104 Å². The number of rotatable bonds is 5. The lowest BCUT2D eigenvalue weighted by Gasteiger charge is -2.07. The molecule has 0 radical (unpaired) electrons. The van der Waals surface area contributed by atoms with E-state index in [9.17, 15) is 14.9 Å². The van der Waals surface area contributed by atoms with E-state index >= 15 is 0 Å². The molecule has 1 rings (SSSR count). The summed E-state index contributed by atoms with van der Waals surface area (Å²) in [7, 11) is 1.21. The summed E-state index contributed by atoms with van der Waals surface area (Å²) in [5.74, 6) is -0.630. The highest BCUT2D eigenvalue weighted by Gasteiger charge is 2.18. The van der Waals surface area contributed by atoms with E-state index in [0.717, 1.165) is 5.57 Å². The van der Waals surface area contributed by atoms with Crippen LogP contribution in [0.15, 0.2) is 24.3 Å². The molecule has 0 spiro atoms. The van der Waals surface area contributed by atoms with Gasteiger partial charge in [0.25, 0.3) is 0 Å². The van der Waals surface area contributed by atoms with Crippen molar-refractivity contribution in [2.75, 3.05) is 19.0 Å². The fraction of sp³-hybridized carbons (Fsp3) is 0.273. The van der Waals surface area contributed by atoms with E-state index in [1.807, 2.05) is 0 Å². The molecule has 0 amide bonds. The van der Waals surface area contributed by atoms with Crippen LogP contribution in [0.3, 0.4) is 0 Å². The van der Waals surface area contributed by atoms with Gasteiger partial charge in [0, 0.05) is 12.6 Å². The van der Waals surface area contributed by atoms with Crippen molar-refractivity contribution in [1.82, 2.24) is 4.98 Å². The molecule has 18 heavy (non-hydrogen) atoms. The molecule has 0 fully saturated rings. The molecule has 0 bridgehead atoms. The number of hydrogen-bond acceptors (Lipinski definition) is 6. The zero-order valence-corrected chi connectivity index (χ0v) is 10.1. The van der Waals surface area contributed by atoms with Gasteiger partial charge < -0.3 is 10.1 Å². The summed E-state index contributed by atoms with van der Waals surface area (Å²) < 4.78 is 4.50. The van der Waals surface area contributed by atoms with Crippen LogP contribution >= 0.6 is 0 Å². The number of hydrogen-bond donors (Lipinski definition) is 1. The number of carbonyl (C=O) groups excluding carboxylic acids is 1. The van der Waals surface area contributed by atoms with Crippen molar-refractivity contribution in [3.05, 3.63) is 40.1 Å². The molecule has 7 nitrogen and oxygen atoms in total. The molecule has 0 unspecified atom stereocenters. The highest BCUT2D eigenvalue weighted by atomic mass is 16.6. The van der Waals surface area contributed by atoms with E-state index in [4.69, 9.17) is 0 Å². The van der Waals surface area contributed by atoms with Crippen LogP contribution in [0.4, 0.5) is 11.5 Å². The smallest absolute Gasteiger partial charge is 0.356 e. The zero-order chi connectivity index (χ0) is 13.7. The second-order valence-electron chi connectivity index (χ2n) is 3.62. The molecule has 7 heteroatoms. The average molecular weight is 251 g/mol. The molecule has 1 heterocycles. The Hall–Kier alpha value is -2.44. The number of nitro groups is 1. The van der Waals surface area contributed by atoms with Gasteiger partial charge in [-0.15, -0.1) is 0 Å². The van der Waals surface area contributed by atoms with E-state index in [-0.39, 0.29) is 17.2 Å². The number of pyridine rings is 1. The first kappa shape index (κ1) is 13.6. The Morgan fingerprint density at radius 2 is 2.28 bits per heavy atom. The molecule has 1 N–H and O–H groups in total. The Bertz CT molecular complexity index is 499. The van der Waals surface area contributed by atoms with Crippen molar-refractivity contribution in [1.29, 1.82) is 0 Å². The number of aromatic nitrogens is 1. The standard InChI is InChI=1S/C11H13N3O4/c1-7(2)6-12-10-9(14(16)17)5-4-8(13-10)11(15)18-3/h4-5H,1,6H2,2-3H3,(H,12,13). The summed E-state index contributed by atoms with van der Waals surface area (Å²) >= 11 is 0. The molecule has 1 aromatic rings. The summed E-state index contributed by atoms with van der Waals surface area (Å²) in [5, 5.41) is 13.6. The van der Waals surface area contributed by atoms with Gasteiger partial charge >= 0.3 is 11.7 Å². The third-order valence-electron chi connectivity index (χ3n) is 2.02. The second-order valence-corrected chi connectivity index (χ2v) is 3.62. The molecule has 96 valence electrons. The van der Waals surface area contributed by atoms with Gasteiger partial charge in [-0.2, -0.15) is 0 Å². The van der Waals surface area contributed by atoms with Gasteiger partial charge in [-0.05, 0) is 13.0 Å². The first-order valence-electron chi connectivity index (χ1n) is 5.07. The molecule has 0 atom stereocenters. The van der Waals surface area contributed by atoms with Crippen molar-refractivity contribution in [2.45, 2.75) is 6.92 Å². The van der Waals surface area contributed by atoms with Crippen molar-refractivity contribution < 1.29 is 14.5 Å². The summed E-state index contributed by atoms with van der Waals surface area (Å²) in [6.45, 7) is 5.77. The summed E-state index contributed by atoms with van der Waals surface area (Å²) in [6.07, 6.45) is 0. The normalized spacial score (nSPS) is 9.67. The molecular formula is C11H13N3O4. The maximum absolute atomic E-state index is 11.3. The van der Waals surface area contributed by atoms with Crippen LogP contribution in [0, 0.1) is 10.1 Å². The fourth-order valence-electron chi connectivity index (χ4n) is 1.18. The summed E-state index contributed by atoms with van der Waals surface area (Å²) in [5.41, 5.74) is 0.589. The summed E-state index contributed by atoms with van der Waals surface area (Å²) in [6, 6.07) is 2.45. The largest absolute Gasteiger partial charge is 0.464 e. The van der Waals surface area contributed by atoms with Gasteiger partial charge in [-0.25, -0.2) is 9.78 Å². The Morgan fingerprint density at radius 3 is 2.78 bits per heavy atom. The third kappa shape index (κ3) is 3.27. The minimum absolute atomic E-state index is 0.00677. The molecule has 0 aliphatic rings. The number of methoxy groups -OCH3 is 1. The molecule has 0 saturated heterocycles. The lowest BCUT2D eigenvalue weighted by Crippen LogP contribution is -2.11. The topological polar surface area (TPSA) is 94.4 Å². The number of nitrogens with one attached hydrogen (secondary N) is 1. The highest BCUT2D eigenvalue weighted by molar-refractivity contribution is 5.88. The van der Waals surface area contributed by atoms with E-state index < -0.39 is 10.9 Å². The van der Waals surface area contributed by atoms with Crippen molar-refractivity contribution in [2.24, 2.45) is 0 Å². The van der Waals surface area contributed by atoms with Crippen LogP contribution in [0.25, 0.3) is 0 Å². The maximum atomic E-state index is 11.3. The zero-order valence-electron chi connectivity index (χ0n) is 10.1. The van der Waals surface area contributed by atoms with Gasteiger partial charge in [0.1, 0.15) is 0 Å². The monoisotopic (exact) mass is 251 g/mol. The van der Waals surface area contributed by atoms with Crippen molar-refractivity contribution in [3.63, 3.8) is 0 Å². The molecule has 1 aromatic heterocycles. The van der Waals surface area contributed by atoms with Crippen LogP contribution in [-0.4, -0.2) is 29.5 Å². The lowest BCUT2D eigenvalue weighted by atomic mass is 10.3. The van der Waals surface area contributed by atoms with Crippen LogP contribution < -0.4 is 5.32 Å². The van der Waals surface area contributed by atoms with E-state index in [2.05, 4.69) is 21.6 Å². The molecule has 0 aliphatic heterocycles. The quantitative estimate of drug-likeness (QED) is 0.371. The SMILES string of the molecule is C=C(C)CNc1nc(C(=O)OC)ccc1[N+](=O)[O-]. The summed E-state index contributed by atoms with van der Waals surface area (Å²) in [4.78, 5) is 25.4. The minimum atomic E-state index is -0.650. The van der Waals surface area contributed by atoms with Crippen molar-refractivity contribution >= 4 is 17.5 Å². The van der Waals surface area contributed by atoms with Gasteiger partial charge in [0.2, 0.25) is 5.82 Å². The van der Waals surface area contributed by atoms with Gasteiger partial charge in [0.15, 0.2) is 5.69 Å². The van der Waals surface area contributed by atoms with Gasteiger partial charge in [-0.3, -0.25) is 10.1 Å². The number of esters is 1. The van der Waals surface area contributed by atoms with Crippen molar-refractivity contribution in [3.8, 4) is 0 Å². The van der Waals surface area contributed by atoms with Gasteiger partial charge in [0.05, 0.1) is 12.0 Å². The van der Waals surface area contributed by atoms with Crippen LogP contribution in [-0.2, 0) is 4.74 Å². The first-order valence-corrected chi connectivity index (χ1v) is 5.07. The molecule has 0 aromatic carbocycles. The number of carbonyl (C=O) groups is 1. The van der Waals surface area contributed by atoms with E-state index in [0.29, 0.717) is 6.54 Å². The predicted octanol–water partition coefficient (Wildman–Crippen LogP) is 1.76. The second kappa shape index (κ2) is 5.76. The Balaban J connectivity index is 3.11. The molecule has 0 aliphatic carbocycles.